The van der Waals surface area contributed by atoms with Crippen molar-refractivity contribution in [3.8, 4) is 0 Å². The first-order valence-electron chi connectivity index (χ1n) is 9.08. The van der Waals surface area contributed by atoms with Crippen molar-refractivity contribution in [2.45, 2.75) is 65.0 Å². The molecule has 138 valence electrons. The number of piperidine rings is 1. The Kier molecular flexibility index (Phi) is 4.75. The van der Waals surface area contributed by atoms with Crippen LogP contribution >= 0.6 is 0 Å². The summed E-state index contributed by atoms with van der Waals surface area (Å²) in [5.41, 5.74) is 0.724. The van der Waals surface area contributed by atoms with Crippen LogP contribution in [0.4, 0.5) is 4.79 Å². The van der Waals surface area contributed by atoms with Crippen molar-refractivity contribution in [2.24, 2.45) is 0 Å². The Hall–Kier alpha value is -2.05. The smallest absolute Gasteiger partial charge is 0.410 e. The van der Waals surface area contributed by atoms with Gasteiger partial charge in [0.15, 0.2) is 0 Å². The van der Waals surface area contributed by atoms with E-state index in [0.717, 1.165) is 12.8 Å². The van der Waals surface area contributed by atoms with Crippen LogP contribution < -0.4 is 0 Å². The molecule has 0 aliphatic carbocycles. The molecular weight excluding hydrogens is 322 g/mol. The standard InChI is InChI=1S/C18H27N3O4/c1-5-6-12(2)21-11-18(24-17(21)23)7-9-20(10-8-18)16(22)15-13(3)19-25-14(15)4/h12H,5-11H2,1-4H3/t12-/m1/s1. The SMILES string of the molecule is CCC[C@@H](C)N1CC2(CCN(C(=O)c3c(C)noc3C)CC2)OC1=O. The molecule has 0 aromatic carbocycles. The molecule has 2 amide bonds. The summed E-state index contributed by atoms with van der Waals surface area (Å²) in [4.78, 5) is 28.6. The van der Waals surface area contributed by atoms with Crippen molar-refractivity contribution in [2.75, 3.05) is 19.6 Å². The molecule has 1 aromatic heterocycles. The lowest BCUT2D eigenvalue weighted by Crippen LogP contribution is -2.49. The molecule has 25 heavy (non-hydrogen) atoms. The van der Waals surface area contributed by atoms with Gasteiger partial charge in [-0.15, -0.1) is 0 Å². The average Bonchev–Trinajstić information content (AvgIpc) is 3.07. The largest absolute Gasteiger partial charge is 0.441 e. The van der Waals surface area contributed by atoms with Crippen LogP contribution in [0.1, 0.15) is 61.3 Å². The summed E-state index contributed by atoms with van der Waals surface area (Å²) in [5, 5.41) is 3.86. The number of ether oxygens (including phenoxy) is 1. The Morgan fingerprint density at radius 2 is 2.00 bits per heavy atom. The van der Waals surface area contributed by atoms with Crippen LogP contribution in [0.2, 0.25) is 0 Å². The minimum absolute atomic E-state index is 0.0494. The van der Waals surface area contributed by atoms with Crippen molar-refractivity contribution >= 4 is 12.0 Å². The first-order valence-corrected chi connectivity index (χ1v) is 9.08. The third-order valence-corrected chi connectivity index (χ3v) is 5.44. The number of aromatic nitrogens is 1. The number of likely N-dealkylation sites (tertiary alicyclic amines) is 1. The first-order chi connectivity index (χ1) is 11.9. The monoisotopic (exact) mass is 349 g/mol. The molecule has 3 heterocycles. The molecule has 0 saturated carbocycles. The summed E-state index contributed by atoms with van der Waals surface area (Å²) >= 11 is 0. The van der Waals surface area contributed by atoms with Gasteiger partial charge in [0.1, 0.15) is 16.9 Å². The number of rotatable bonds is 4. The summed E-state index contributed by atoms with van der Waals surface area (Å²) in [6.45, 7) is 9.50. The van der Waals surface area contributed by atoms with Gasteiger partial charge in [0.2, 0.25) is 0 Å². The molecule has 1 aromatic rings. The van der Waals surface area contributed by atoms with Gasteiger partial charge in [0.05, 0.1) is 12.2 Å². The Labute approximate surface area is 148 Å². The fraction of sp³-hybridized carbons (Fsp3) is 0.722. The van der Waals surface area contributed by atoms with Gasteiger partial charge in [-0.3, -0.25) is 4.79 Å². The van der Waals surface area contributed by atoms with Crippen molar-refractivity contribution in [1.82, 2.24) is 15.0 Å². The quantitative estimate of drug-likeness (QED) is 0.835. The van der Waals surface area contributed by atoms with E-state index in [1.165, 1.54) is 0 Å². The molecule has 1 spiro atoms. The van der Waals surface area contributed by atoms with Crippen LogP contribution in [0.5, 0.6) is 0 Å². The Bertz CT molecular complexity index is 642. The van der Waals surface area contributed by atoms with Gasteiger partial charge in [-0.2, -0.15) is 0 Å². The van der Waals surface area contributed by atoms with Crippen LogP contribution in [0, 0.1) is 13.8 Å². The van der Waals surface area contributed by atoms with E-state index in [1.807, 2.05) is 9.80 Å². The van der Waals surface area contributed by atoms with E-state index in [9.17, 15) is 9.59 Å². The van der Waals surface area contributed by atoms with Gasteiger partial charge >= 0.3 is 6.09 Å². The summed E-state index contributed by atoms with van der Waals surface area (Å²) < 4.78 is 10.9. The maximum Gasteiger partial charge on any atom is 0.410 e. The van der Waals surface area contributed by atoms with E-state index in [1.54, 1.807) is 13.8 Å². The fourth-order valence-electron chi connectivity index (χ4n) is 3.88. The highest BCUT2D eigenvalue weighted by Gasteiger charge is 2.48. The summed E-state index contributed by atoms with van der Waals surface area (Å²) in [6.07, 6.45) is 3.14. The van der Waals surface area contributed by atoms with Gasteiger partial charge < -0.3 is 19.1 Å². The minimum atomic E-state index is -0.450. The van der Waals surface area contributed by atoms with Gasteiger partial charge in [-0.25, -0.2) is 4.79 Å². The lowest BCUT2D eigenvalue weighted by atomic mass is 9.90. The molecule has 2 aliphatic rings. The Morgan fingerprint density at radius 1 is 1.32 bits per heavy atom. The number of nitrogens with zero attached hydrogens (tertiary/aromatic N) is 3. The van der Waals surface area contributed by atoms with E-state index >= 15 is 0 Å². The number of amides is 2. The van der Waals surface area contributed by atoms with Crippen molar-refractivity contribution < 1.29 is 18.8 Å². The highest BCUT2D eigenvalue weighted by atomic mass is 16.6. The van der Waals surface area contributed by atoms with Gasteiger partial charge in [-0.1, -0.05) is 18.5 Å². The van der Waals surface area contributed by atoms with Crippen LogP contribution in [0.15, 0.2) is 4.52 Å². The zero-order chi connectivity index (χ0) is 18.2. The van der Waals surface area contributed by atoms with Crippen LogP contribution in [0.25, 0.3) is 0 Å². The summed E-state index contributed by atoms with van der Waals surface area (Å²) in [5.74, 6) is 0.501. The fourth-order valence-corrected chi connectivity index (χ4v) is 3.88. The zero-order valence-corrected chi connectivity index (χ0v) is 15.5. The minimum Gasteiger partial charge on any atom is -0.441 e. The number of aryl methyl sites for hydroxylation is 2. The third kappa shape index (κ3) is 3.24. The maximum absolute atomic E-state index is 12.7. The highest BCUT2D eigenvalue weighted by molar-refractivity contribution is 5.96. The average molecular weight is 349 g/mol. The lowest BCUT2D eigenvalue weighted by molar-refractivity contribution is 0.00302. The van der Waals surface area contributed by atoms with Crippen LogP contribution in [-0.2, 0) is 4.74 Å². The maximum atomic E-state index is 12.7. The number of hydrogen-bond acceptors (Lipinski definition) is 5. The molecule has 0 N–H and O–H groups in total. The van der Waals surface area contributed by atoms with E-state index in [2.05, 4.69) is 19.0 Å². The predicted octanol–water partition coefficient (Wildman–Crippen LogP) is 2.91. The van der Waals surface area contributed by atoms with Crippen molar-refractivity contribution in [3.63, 3.8) is 0 Å². The van der Waals surface area contributed by atoms with Crippen LogP contribution in [-0.4, -0.2) is 58.2 Å². The van der Waals surface area contributed by atoms with Crippen LogP contribution in [0.3, 0.4) is 0 Å². The first kappa shape index (κ1) is 17.8. The molecule has 2 aliphatic heterocycles. The van der Waals surface area contributed by atoms with E-state index in [4.69, 9.17) is 9.26 Å². The van der Waals surface area contributed by atoms with Gasteiger partial charge in [0, 0.05) is 32.0 Å². The number of carbonyl (C=O) groups excluding carboxylic acids is 2. The number of carbonyl (C=O) groups is 2. The highest BCUT2D eigenvalue weighted by Crippen LogP contribution is 2.35. The molecule has 3 rings (SSSR count). The molecule has 0 unspecified atom stereocenters. The zero-order valence-electron chi connectivity index (χ0n) is 15.5. The van der Waals surface area contributed by atoms with Gasteiger partial charge in [-0.05, 0) is 27.2 Å². The molecule has 7 heteroatoms. The number of hydrogen-bond donors (Lipinski definition) is 0. The van der Waals surface area contributed by atoms with Crippen molar-refractivity contribution in [3.05, 3.63) is 17.0 Å². The second kappa shape index (κ2) is 6.69. The molecular formula is C18H27N3O4. The lowest BCUT2D eigenvalue weighted by Gasteiger charge is -2.37. The topological polar surface area (TPSA) is 75.9 Å². The third-order valence-electron chi connectivity index (χ3n) is 5.44. The Balaban J connectivity index is 1.64. The van der Waals surface area contributed by atoms with E-state index < -0.39 is 5.60 Å². The van der Waals surface area contributed by atoms with Gasteiger partial charge in [0.25, 0.3) is 5.91 Å². The molecule has 0 radical (unpaired) electrons. The Morgan fingerprint density at radius 3 is 2.56 bits per heavy atom. The predicted molar refractivity (Wildman–Crippen MR) is 91.4 cm³/mol. The van der Waals surface area contributed by atoms with E-state index in [0.29, 0.717) is 49.5 Å². The normalized spacial score (nSPS) is 20.9. The molecule has 7 nitrogen and oxygen atoms in total. The molecule has 2 saturated heterocycles. The van der Waals surface area contributed by atoms with Crippen molar-refractivity contribution in [1.29, 1.82) is 0 Å². The second-order valence-electron chi connectivity index (χ2n) is 7.31. The summed E-state index contributed by atoms with van der Waals surface area (Å²) in [6, 6.07) is 0.193. The van der Waals surface area contributed by atoms with E-state index in [-0.39, 0.29) is 18.0 Å². The molecule has 2 fully saturated rings. The second-order valence-corrected chi connectivity index (χ2v) is 7.31. The molecule has 0 bridgehead atoms. The molecule has 1 atom stereocenters. The summed E-state index contributed by atoms with van der Waals surface area (Å²) in [7, 11) is 0.